The summed E-state index contributed by atoms with van der Waals surface area (Å²) in [5.74, 6) is -0.729. The SMILES string of the molecule is C[C@@H](CCc1ccccc1)NC(=O)COC(=O)c1cccs1. The van der Waals surface area contributed by atoms with Gasteiger partial charge in [-0.2, -0.15) is 0 Å². The van der Waals surface area contributed by atoms with E-state index in [2.05, 4.69) is 17.4 Å². The number of benzene rings is 1. The Bertz CT molecular complexity index is 596. The Morgan fingerprint density at radius 2 is 1.95 bits per heavy atom. The fraction of sp³-hybridized carbons (Fsp3) is 0.294. The average Bonchev–Trinajstić information content (AvgIpc) is 3.06. The molecule has 0 fully saturated rings. The monoisotopic (exact) mass is 317 g/mol. The van der Waals surface area contributed by atoms with Crippen LogP contribution in [-0.2, 0) is 16.0 Å². The molecule has 1 atom stereocenters. The molecule has 1 amide bonds. The molecular formula is C17H19NO3S. The highest BCUT2D eigenvalue weighted by atomic mass is 32.1. The smallest absolute Gasteiger partial charge is 0.348 e. The molecule has 0 aliphatic carbocycles. The molecular weight excluding hydrogens is 298 g/mol. The second kappa shape index (κ2) is 8.34. The summed E-state index contributed by atoms with van der Waals surface area (Å²) in [5.41, 5.74) is 1.24. The molecule has 1 heterocycles. The predicted molar refractivity (Wildman–Crippen MR) is 87.0 cm³/mol. The lowest BCUT2D eigenvalue weighted by atomic mass is 10.1. The number of ether oxygens (including phenoxy) is 1. The largest absolute Gasteiger partial charge is 0.451 e. The standard InChI is InChI=1S/C17H19NO3S/c1-13(9-10-14-6-3-2-4-7-14)18-16(19)12-21-17(20)15-8-5-11-22-15/h2-8,11,13H,9-10,12H2,1H3,(H,18,19)/t13-/m0/s1. The van der Waals surface area contributed by atoms with Crippen LogP contribution < -0.4 is 5.32 Å². The molecule has 0 radical (unpaired) electrons. The highest BCUT2D eigenvalue weighted by Crippen LogP contribution is 2.09. The van der Waals surface area contributed by atoms with E-state index in [0.717, 1.165) is 12.8 Å². The summed E-state index contributed by atoms with van der Waals surface area (Å²) in [4.78, 5) is 23.9. The number of carbonyl (C=O) groups excluding carboxylic acids is 2. The fourth-order valence-electron chi connectivity index (χ4n) is 2.01. The molecule has 1 aromatic carbocycles. The maximum absolute atomic E-state index is 11.8. The van der Waals surface area contributed by atoms with E-state index in [4.69, 9.17) is 4.74 Å². The van der Waals surface area contributed by atoms with E-state index >= 15 is 0 Å². The van der Waals surface area contributed by atoms with Gasteiger partial charge in [-0.05, 0) is 36.8 Å². The van der Waals surface area contributed by atoms with Crippen molar-refractivity contribution in [3.63, 3.8) is 0 Å². The van der Waals surface area contributed by atoms with Crippen molar-refractivity contribution >= 4 is 23.2 Å². The van der Waals surface area contributed by atoms with E-state index < -0.39 is 5.97 Å². The van der Waals surface area contributed by atoms with Gasteiger partial charge in [0.1, 0.15) is 4.88 Å². The zero-order chi connectivity index (χ0) is 15.8. The Balaban J connectivity index is 1.67. The molecule has 1 N–H and O–H groups in total. The van der Waals surface area contributed by atoms with E-state index in [0.29, 0.717) is 4.88 Å². The lowest BCUT2D eigenvalue weighted by Gasteiger charge is -2.13. The van der Waals surface area contributed by atoms with Gasteiger partial charge in [-0.25, -0.2) is 4.79 Å². The van der Waals surface area contributed by atoms with Crippen molar-refractivity contribution in [2.45, 2.75) is 25.8 Å². The van der Waals surface area contributed by atoms with Gasteiger partial charge in [0, 0.05) is 6.04 Å². The van der Waals surface area contributed by atoms with E-state index in [-0.39, 0.29) is 18.6 Å². The van der Waals surface area contributed by atoms with Gasteiger partial charge < -0.3 is 10.1 Å². The van der Waals surface area contributed by atoms with Gasteiger partial charge in [0.25, 0.3) is 5.91 Å². The normalized spacial score (nSPS) is 11.7. The number of hydrogen-bond donors (Lipinski definition) is 1. The number of aryl methyl sites for hydroxylation is 1. The number of nitrogens with one attached hydrogen (secondary N) is 1. The van der Waals surface area contributed by atoms with Crippen molar-refractivity contribution in [3.8, 4) is 0 Å². The minimum absolute atomic E-state index is 0.0353. The number of rotatable bonds is 7. The van der Waals surface area contributed by atoms with Crippen LogP contribution in [0.4, 0.5) is 0 Å². The van der Waals surface area contributed by atoms with Crippen LogP contribution in [0.15, 0.2) is 47.8 Å². The van der Waals surface area contributed by atoms with Gasteiger partial charge >= 0.3 is 5.97 Å². The summed E-state index contributed by atoms with van der Waals surface area (Å²) >= 11 is 1.30. The topological polar surface area (TPSA) is 55.4 Å². The molecule has 0 bridgehead atoms. The first kappa shape index (κ1) is 16.2. The Morgan fingerprint density at radius 3 is 2.64 bits per heavy atom. The summed E-state index contributed by atoms with van der Waals surface area (Å²) in [5, 5.41) is 4.63. The summed E-state index contributed by atoms with van der Waals surface area (Å²) in [6, 6.07) is 13.6. The Kier molecular flexibility index (Phi) is 6.15. The predicted octanol–water partition coefficient (Wildman–Crippen LogP) is 3.04. The molecule has 0 unspecified atom stereocenters. The molecule has 1 aromatic heterocycles. The first-order valence-electron chi connectivity index (χ1n) is 7.19. The van der Waals surface area contributed by atoms with Crippen molar-refractivity contribution < 1.29 is 14.3 Å². The second-order valence-corrected chi connectivity index (χ2v) is 5.99. The van der Waals surface area contributed by atoms with Gasteiger partial charge in [-0.3, -0.25) is 4.79 Å². The van der Waals surface area contributed by atoms with Gasteiger partial charge in [0.15, 0.2) is 6.61 Å². The molecule has 116 valence electrons. The summed E-state index contributed by atoms with van der Waals surface area (Å²) in [6.45, 7) is 1.70. The van der Waals surface area contributed by atoms with Crippen LogP contribution in [0.2, 0.25) is 0 Å². The minimum atomic E-state index is -0.456. The number of thiophene rings is 1. The Hall–Kier alpha value is -2.14. The highest BCUT2D eigenvalue weighted by molar-refractivity contribution is 7.11. The van der Waals surface area contributed by atoms with Gasteiger partial charge in [0.05, 0.1) is 0 Å². The first-order chi connectivity index (χ1) is 10.6. The third-order valence-corrected chi connectivity index (χ3v) is 4.02. The molecule has 5 heteroatoms. The van der Waals surface area contributed by atoms with Crippen LogP contribution in [-0.4, -0.2) is 24.5 Å². The van der Waals surface area contributed by atoms with Crippen LogP contribution in [0.1, 0.15) is 28.6 Å². The van der Waals surface area contributed by atoms with Crippen molar-refractivity contribution in [1.82, 2.24) is 5.32 Å². The quantitative estimate of drug-likeness (QED) is 0.799. The van der Waals surface area contributed by atoms with Crippen LogP contribution in [0.3, 0.4) is 0 Å². The molecule has 0 saturated heterocycles. The van der Waals surface area contributed by atoms with Crippen molar-refractivity contribution in [1.29, 1.82) is 0 Å². The van der Waals surface area contributed by atoms with Crippen molar-refractivity contribution in [2.75, 3.05) is 6.61 Å². The minimum Gasteiger partial charge on any atom is -0.451 e. The molecule has 0 saturated carbocycles. The van der Waals surface area contributed by atoms with Gasteiger partial charge in [0.2, 0.25) is 0 Å². The average molecular weight is 317 g/mol. The van der Waals surface area contributed by atoms with E-state index in [1.54, 1.807) is 17.5 Å². The van der Waals surface area contributed by atoms with Crippen molar-refractivity contribution in [2.24, 2.45) is 0 Å². The Morgan fingerprint density at radius 1 is 1.18 bits per heavy atom. The number of hydrogen-bond acceptors (Lipinski definition) is 4. The Labute approximate surface area is 134 Å². The molecule has 0 aliphatic rings. The summed E-state index contributed by atoms with van der Waals surface area (Å²) in [6.07, 6.45) is 1.74. The van der Waals surface area contributed by atoms with E-state index in [1.807, 2.05) is 25.1 Å². The lowest BCUT2D eigenvalue weighted by molar-refractivity contribution is -0.124. The van der Waals surface area contributed by atoms with Gasteiger partial charge in [-0.1, -0.05) is 36.4 Å². The second-order valence-electron chi connectivity index (χ2n) is 5.05. The number of amides is 1. The lowest BCUT2D eigenvalue weighted by Crippen LogP contribution is -2.36. The third-order valence-electron chi connectivity index (χ3n) is 3.17. The maximum Gasteiger partial charge on any atom is 0.348 e. The molecule has 2 rings (SSSR count). The molecule has 0 aliphatic heterocycles. The molecule has 0 spiro atoms. The zero-order valence-electron chi connectivity index (χ0n) is 12.5. The fourth-order valence-corrected chi connectivity index (χ4v) is 2.63. The number of esters is 1. The first-order valence-corrected chi connectivity index (χ1v) is 8.07. The van der Waals surface area contributed by atoms with Crippen molar-refractivity contribution in [3.05, 3.63) is 58.3 Å². The van der Waals surface area contributed by atoms with Crippen LogP contribution in [0, 0.1) is 0 Å². The maximum atomic E-state index is 11.8. The highest BCUT2D eigenvalue weighted by Gasteiger charge is 2.12. The summed E-state index contributed by atoms with van der Waals surface area (Å²) < 4.78 is 4.97. The van der Waals surface area contributed by atoms with Crippen LogP contribution in [0.25, 0.3) is 0 Å². The zero-order valence-corrected chi connectivity index (χ0v) is 13.3. The molecule has 22 heavy (non-hydrogen) atoms. The van der Waals surface area contributed by atoms with E-state index in [1.165, 1.54) is 16.9 Å². The third kappa shape index (κ3) is 5.33. The molecule has 2 aromatic rings. The van der Waals surface area contributed by atoms with Crippen LogP contribution in [0.5, 0.6) is 0 Å². The summed E-state index contributed by atoms with van der Waals surface area (Å²) in [7, 11) is 0. The van der Waals surface area contributed by atoms with Gasteiger partial charge in [-0.15, -0.1) is 11.3 Å². The molecule has 4 nitrogen and oxygen atoms in total. The van der Waals surface area contributed by atoms with E-state index in [9.17, 15) is 9.59 Å². The number of carbonyl (C=O) groups is 2. The van der Waals surface area contributed by atoms with Crippen LogP contribution >= 0.6 is 11.3 Å².